The van der Waals surface area contributed by atoms with E-state index in [0.717, 1.165) is 56.0 Å². The second kappa shape index (κ2) is 11.6. The molecule has 202 valence electrons. The first-order chi connectivity index (χ1) is 18.5. The maximum atomic E-state index is 13.5. The van der Waals surface area contributed by atoms with Crippen molar-refractivity contribution in [3.63, 3.8) is 0 Å². The van der Waals surface area contributed by atoms with E-state index in [2.05, 4.69) is 44.8 Å². The van der Waals surface area contributed by atoms with Crippen LogP contribution < -0.4 is 0 Å². The summed E-state index contributed by atoms with van der Waals surface area (Å²) in [5, 5.41) is 0.695. The summed E-state index contributed by atoms with van der Waals surface area (Å²) < 4.78 is 15.8. The van der Waals surface area contributed by atoms with Gasteiger partial charge >= 0.3 is 0 Å². The minimum Gasteiger partial charge on any atom is -0.343 e. The summed E-state index contributed by atoms with van der Waals surface area (Å²) in [4.78, 5) is 22.4. The van der Waals surface area contributed by atoms with E-state index in [1.165, 1.54) is 5.56 Å². The van der Waals surface area contributed by atoms with Gasteiger partial charge in [-0.05, 0) is 54.9 Å². The number of imidazole rings is 1. The van der Waals surface area contributed by atoms with Crippen LogP contribution in [0.5, 0.6) is 0 Å². The van der Waals surface area contributed by atoms with Crippen LogP contribution in [-0.2, 0) is 10.3 Å². The number of piperidine rings is 1. The molecule has 1 amide bonds. The van der Waals surface area contributed by atoms with Gasteiger partial charge in [-0.1, -0.05) is 61.8 Å². The molecule has 6 rings (SSSR count). The van der Waals surface area contributed by atoms with Gasteiger partial charge < -0.3 is 14.4 Å². The van der Waals surface area contributed by atoms with Gasteiger partial charge in [0.15, 0.2) is 0 Å². The van der Waals surface area contributed by atoms with Crippen molar-refractivity contribution in [3.8, 4) is 11.4 Å². The Morgan fingerprint density at radius 2 is 1.79 bits per heavy atom. The standard InChI is InChI=1S/C29H32ClFN4O.C2H6/c30-23-7-5-22(6-8-23)29(26-4-2-1-3-25(26)28-32-14-18-35(28)29)13-9-27(36)34-16-10-21(11-17-34)19-33-15-12-24(31)20-33;1-2/h1-8,14,18,21,24H,9-13,15-17,19-20H2;1-2H3/t24-,29?;/m1./s1. The highest BCUT2D eigenvalue weighted by molar-refractivity contribution is 6.30. The van der Waals surface area contributed by atoms with Crippen molar-refractivity contribution in [2.24, 2.45) is 5.92 Å². The average molecular weight is 537 g/mol. The number of fused-ring (bicyclic) bond motifs is 3. The molecule has 4 heterocycles. The number of rotatable bonds is 6. The van der Waals surface area contributed by atoms with Crippen LogP contribution in [0.2, 0.25) is 5.02 Å². The van der Waals surface area contributed by atoms with E-state index in [1.54, 1.807) is 0 Å². The SMILES string of the molecule is CC.O=C(CCC1(c2ccc(Cl)cc2)c2ccccc2-c2nccn21)N1CCC(CN2CC[C@@H](F)C2)CC1. The molecule has 2 aromatic carbocycles. The van der Waals surface area contributed by atoms with Crippen molar-refractivity contribution in [1.29, 1.82) is 0 Å². The van der Waals surface area contributed by atoms with E-state index in [9.17, 15) is 9.18 Å². The van der Waals surface area contributed by atoms with Crippen molar-refractivity contribution in [1.82, 2.24) is 19.4 Å². The topological polar surface area (TPSA) is 41.4 Å². The second-order valence-electron chi connectivity index (χ2n) is 10.5. The smallest absolute Gasteiger partial charge is 0.222 e. The fourth-order valence-electron chi connectivity index (χ4n) is 6.53. The normalized spacial score (nSPS) is 23.1. The number of carbonyl (C=O) groups is 1. The highest BCUT2D eigenvalue weighted by Crippen LogP contribution is 2.49. The van der Waals surface area contributed by atoms with Gasteiger partial charge in [0.05, 0.1) is 5.54 Å². The van der Waals surface area contributed by atoms with E-state index in [1.807, 2.05) is 49.3 Å². The molecular formula is C31H38ClFN4O. The predicted molar refractivity (Wildman–Crippen MR) is 151 cm³/mol. The highest BCUT2D eigenvalue weighted by atomic mass is 35.5. The van der Waals surface area contributed by atoms with Crippen LogP contribution in [-0.4, -0.2) is 64.2 Å². The monoisotopic (exact) mass is 536 g/mol. The summed E-state index contributed by atoms with van der Waals surface area (Å²) in [7, 11) is 0. The minimum absolute atomic E-state index is 0.206. The lowest BCUT2D eigenvalue weighted by atomic mass is 9.79. The highest BCUT2D eigenvalue weighted by Gasteiger charge is 2.45. The number of halogens is 2. The molecule has 0 aliphatic carbocycles. The zero-order valence-electron chi connectivity index (χ0n) is 22.5. The molecule has 0 spiro atoms. The number of hydrogen-bond acceptors (Lipinski definition) is 3. The van der Waals surface area contributed by atoms with Gasteiger partial charge in [-0.15, -0.1) is 0 Å². The molecule has 7 heteroatoms. The summed E-state index contributed by atoms with van der Waals surface area (Å²) in [6.45, 7) is 7.98. The zero-order chi connectivity index (χ0) is 26.7. The number of aromatic nitrogens is 2. The third-order valence-electron chi connectivity index (χ3n) is 8.39. The first kappa shape index (κ1) is 26.9. The third-order valence-corrected chi connectivity index (χ3v) is 8.64. The lowest BCUT2D eigenvalue weighted by Crippen LogP contribution is -2.42. The fourth-order valence-corrected chi connectivity index (χ4v) is 6.65. The number of amides is 1. The Hall–Kier alpha value is -2.70. The molecule has 2 fully saturated rings. The largest absolute Gasteiger partial charge is 0.343 e. The van der Waals surface area contributed by atoms with Crippen LogP contribution >= 0.6 is 11.6 Å². The van der Waals surface area contributed by atoms with Crippen molar-refractivity contribution < 1.29 is 9.18 Å². The molecule has 0 bridgehead atoms. The van der Waals surface area contributed by atoms with Crippen LogP contribution in [0.25, 0.3) is 11.4 Å². The van der Waals surface area contributed by atoms with E-state index >= 15 is 0 Å². The van der Waals surface area contributed by atoms with Crippen LogP contribution in [0.4, 0.5) is 4.39 Å². The molecule has 0 saturated carbocycles. The Bertz CT molecular complexity index is 1240. The molecule has 2 saturated heterocycles. The van der Waals surface area contributed by atoms with Crippen LogP contribution in [0, 0.1) is 5.92 Å². The summed E-state index contributed by atoms with van der Waals surface area (Å²) in [6.07, 6.45) is 6.96. The predicted octanol–water partition coefficient (Wildman–Crippen LogP) is 6.40. The zero-order valence-corrected chi connectivity index (χ0v) is 23.2. The number of hydrogen-bond donors (Lipinski definition) is 0. The third kappa shape index (κ3) is 5.01. The van der Waals surface area contributed by atoms with Gasteiger partial charge in [0.2, 0.25) is 5.91 Å². The maximum Gasteiger partial charge on any atom is 0.222 e. The van der Waals surface area contributed by atoms with Gasteiger partial charge in [0, 0.05) is 62.1 Å². The first-order valence-corrected chi connectivity index (χ1v) is 14.5. The van der Waals surface area contributed by atoms with Crippen molar-refractivity contribution in [2.75, 3.05) is 32.7 Å². The minimum atomic E-state index is -0.670. The number of nitrogens with zero attached hydrogens (tertiary/aromatic N) is 4. The van der Waals surface area contributed by atoms with Gasteiger partial charge in [-0.3, -0.25) is 4.79 Å². The summed E-state index contributed by atoms with van der Waals surface area (Å²) in [5.41, 5.74) is 2.90. The van der Waals surface area contributed by atoms with Crippen molar-refractivity contribution in [3.05, 3.63) is 77.1 Å². The molecule has 38 heavy (non-hydrogen) atoms. The Morgan fingerprint density at radius 3 is 2.50 bits per heavy atom. The molecule has 1 unspecified atom stereocenters. The van der Waals surface area contributed by atoms with E-state index < -0.39 is 11.7 Å². The molecule has 0 N–H and O–H groups in total. The summed E-state index contributed by atoms with van der Waals surface area (Å²) in [6, 6.07) is 16.4. The van der Waals surface area contributed by atoms with Gasteiger partial charge in [-0.25, -0.2) is 9.37 Å². The lowest BCUT2D eigenvalue weighted by Gasteiger charge is -2.36. The molecular weight excluding hydrogens is 499 g/mol. The Balaban J connectivity index is 0.00000144. The molecule has 3 aliphatic rings. The lowest BCUT2D eigenvalue weighted by molar-refractivity contribution is -0.133. The molecule has 3 aromatic rings. The Kier molecular flexibility index (Phi) is 8.20. The van der Waals surface area contributed by atoms with Crippen LogP contribution in [0.1, 0.15) is 57.1 Å². The van der Waals surface area contributed by atoms with Gasteiger partial charge in [0.1, 0.15) is 12.0 Å². The molecule has 1 aromatic heterocycles. The first-order valence-electron chi connectivity index (χ1n) is 14.1. The molecule has 2 atom stereocenters. The van der Waals surface area contributed by atoms with Crippen molar-refractivity contribution >= 4 is 17.5 Å². The molecule has 5 nitrogen and oxygen atoms in total. The summed E-state index contributed by atoms with van der Waals surface area (Å²) in [5.74, 6) is 1.69. The number of likely N-dealkylation sites (tertiary alicyclic amines) is 2. The van der Waals surface area contributed by atoms with Gasteiger partial charge in [0.25, 0.3) is 0 Å². The van der Waals surface area contributed by atoms with Crippen LogP contribution in [0.15, 0.2) is 60.9 Å². The van der Waals surface area contributed by atoms with E-state index in [-0.39, 0.29) is 5.91 Å². The second-order valence-corrected chi connectivity index (χ2v) is 10.9. The number of benzene rings is 2. The average Bonchev–Trinajstić information content (AvgIpc) is 3.66. The van der Waals surface area contributed by atoms with E-state index in [4.69, 9.17) is 11.6 Å². The Morgan fingerprint density at radius 1 is 1.05 bits per heavy atom. The number of alkyl halides is 1. The fraction of sp³-hybridized carbons (Fsp3) is 0.484. The van der Waals surface area contributed by atoms with Crippen LogP contribution in [0.3, 0.4) is 0 Å². The maximum absolute atomic E-state index is 13.5. The molecule has 0 radical (unpaired) electrons. The molecule has 3 aliphatic heterocycles. The number of carbonyl (C=O) groups excluding carboxylic acids is 1. The van der Waals surface area contributed by atoms with Crippen molar-refractivity contribution in [2.45, 2.75) is 57.7 Å². The quantitative estimate of drug-likeness (QED) is 0.366. The van der Waals surface area contributed by atoms with Gasteiger partial charge in [-0.2, -0.15) is 0 Å². The van der Waals surface area contributed by atoms with E-state index in [0.29, 0.717) is 36.7 Å². The Labute approximate surface area is 230 Å². The summed E-state index contributed by atoms with van der Waals surface area (Å²) >= 11 is 6.24.